The summed E-state index contributed by atoms with van der Waals surface area (Å²) in [5, 5.41) is 2.53. The molecule has 1 aliphatic carbocycles. The van der Waals surface area contributed by atoms with Crippen LogP contribution < -0.4 is 4.90 Å². The Morgan fingerprint density at radius 3 is 1.63 bits per heavy atom. The average Bonchev–Trinajstić information content (AvgIpc) is 3.70. The lowest BCUT2D eigenvalue weighted by Gasteiger charge is -2.35. The van der Waals surface area contributed by atoms with E-state index in [1.54, 1.807) is 0 Å². The third-order valence-corrected chi connectivity index (χ3v) is 10.6. The van der Waals surface area contributed by atoms with Gasteiger partial charge in [-0.25, -0.2) is 0 Å². The van der Waals surface area contributed by atoms with E-state index in [0.717, 1.165) is 22.7 Å². The van der Waals surface area contributed by atoms with Crippen molar-refractivity contribution in [3.63, 3.8) is 0 Å². The van der Waals surface area contributed by atoms with E-state index in [4.69, 9.17) is 0 Å². The molecule has 9 rings (SSSR count). The fraction of sp³-hybridized carbons (Fsp3) is 0.0400. The molecule has 0 N–H and O–H groups in total. The smallest absolute Gasteiger partial charge is 0.0713 e. The molecule has 0 radical (unpaired) electrons. The highest BCUT2D eigenvalue weighted by atomic mass is 15.1. The van der Waals surface area contributed by atoms with Crippen LogP contribution >= 0.6 is 0 Å². The Labute approximate surface area is 305 Å². The van der Waals surface area contributed by atoms with E-state index in [9.17, 15) is 0 Å². The highest BCUT2D eigenvalue weighted by molar-refractivity contribution is 6.09. The predicted octanol–water partition coefficient (Wildman–Crippen LogP) is 13.1. The predicted molar refractivity (Wildman–Crippen MR) is 220 cm³/mol. The van der Waals surface area contributed by atoms with Gasteiger partial charge in [0.25, 0.3) is 0 Å². The Bertz CT molecular complexity index is 2570. The van der Waals surface area contributed by atoms with Crippen molar-refractivity contribution in [1.29, 1.82) is 0 Å². The van der Waals surface area contributed by atoms with Crippen molar-refractivity contribution in [2.24, 2.45) is 0 Å². The van der Waals surface area contributed by atoms with Crippen LogP contribution in [-0.4, -0.2) is 4.57 Å². The topological polar surface area (TPSA) is 8.17 Å². The molecule has 1 unspecified atom stereocenters. The summed E-state index contributed by atoms with van der Waals surface area (Å²) in [5.41, 5.74) is 13.7. The van der Waals surface area contributed by atoms with Crippen LogP contribution in [0.15, 0.2) is 212 Å². The molecule has 52 heavy (non-hydrogen) atoms. The van der Waals surface area contributed by atoms with Crippen molar-refractivity contribution in [3.8, 4) is 5.69 Å². The summed E-state index contributed by atoms with van der Waals surface area (Å²) < 4.78 is 2.37. The van der Waals surface area contributed by atoms with E-state index in [1.165, 1.54) is 55.2 Å². The van der Waals surface area contributed by atoms with Crippen LogP contribution in [0.4, 0.5) is 17.1 Å². The summed E-state index contributed by atoms with van der Waals surface area (Å²) in [5.74, 6) is 0. The zero-order valence-electron chi connectivity index (χ0n) is 29.2. The van der Waals surface area contributed by atoms with E-state index >= 15 is 0 Å². The van der Waals surface area contributed by atoms with Crippen molar-refractivity contribution in [2.45, 2.75) is 12.3 Å². The first kappa shape index (κ1) is 31.3. The number of nitrogens with zero attached hydrogens (tertiary/aromatic N) is 2. The first-order valence-electron chi connectivity index (χ1n) is 17.9. The normalized spacial score (nSPS) is 15.4. The lowest BCUT2D eigenvalue weighted by Crippen LogP contribution is -2.29. The molecule has 1 aliphatic rings. The Morgan fingerprint density at radius 2 is 1.02 bits per heavy atom. The summed E-state index contributed by atoms with van der Waals surface area (Å²) >= 11 is 0. The van der Waals surface area contributed by atoms with E-state index in [-0.39, 0.29) is 0 Å². The molecule has 1 aromatic heterocycles. The van der Waals surface area contributed by atoms with Crippen LogP contribution in [0.5, 0.6) is 0 Å². The summed E-state index contributed by atoms with van der Waals surface area (Å²) in [6.45, 7) is 6.38. The van der Waals surface area contributed by atoms with Gasteiger partial charge < -0.3 is 9.47 Å². The summed E-state index contributed by atoms with van der Waals surface area (Å²) in [7, 11) is 0. The van der Waals surface area contributed by atoms with Gasteiger partial charge in [-0.15, -0.1) is 0 Å². The van der Waals surface area contributed by atoms with E-state index in [1.807, 2.05) is 6.08 Å². The van der Waals surface area contributed by atoms with Gasteiger partial charge in [0, 0.05) is 33.5 Å². The molecule has 0 saturated carbocycles. The molecule has 0 amide bonds. The quantitative estimate of drug-likeness (QED) is 0.157. The SMILES string of the molecule is C=CC1=C(/C=C\C)C(c2ccccc2)(c2ccc(N(c3ccccc3)c3ccc(-n4c5ccccc5c5ccccc54)cc3)cc2)c2ccccc21. The number of allylic oxidation sites excluding steroid dienone is 5. The minimum absolute atomic E-state index is 0.492. The molecule has 2 heteroatoms. The first-order valence-corrected chi connectivity index (χ1v) is 17.9. The summed E-state index contributed by atoms with van der Waals surface area (Å²) in [6.07, 6.45) is 6.44. The van der Waals surface area contributed by atoms with Crippen molar-refractivity contribution in [2.75, 3.05) is 4.90 Å². The third-order valence-electron chi connectivity index (χ3n) is 10.6. The van der Waals surface area contributed by atoms with Gasteiger partial charge in [-0.1, -0.05) is 146 Å². The van der Waals surface area contributed by atoms with Crippen LogP contribution in [0.1, 0.15) is 29.2 Å². The fourth-order valence-electron chi connectivity index (χ4n) is 8.45. The number of hydrogen-bond acceptors (Lipinski definition) is 1. The fourth-order valence-corrected chi connectivity index (χ4v) is 8.45. The first-order chi connectivity index (χ1) is 25.7. The number of aromatic nitrogens is 1. The zero-order valence-corrected chi connectivity index (χ0v) is 29.2. The van der Waals surface area contributed by atoms with Gasteiger partial charge in [-0.05, 0) is 101 Å². The van der Waals surface area contributed by atoms with Crippen molar-refractivity contribution >= 4 is 44.4 Å². The number of anilines is 3. The molecule has 0 bridgehead atoms. The number of hydrogen-bond donors (Lipinski definition) is 0. The lowest BCUT2D eigenvalue weighted by molar-refractivity contribution is 0.761. The van der Waals surface area contributed by atoms with Gasteiger partial charge in [-0.2, -0.15) is 0 Å². The van der Waals surface area contributed by atoms with Crippen LogP contribution in [0, 0.1) is 0 Å². The zero-order chi connectivity index (χ0) is 35.1. The van der Waals surface area contributed by atoms with Crippen LogP contribution in [-0.2, 0) is 5.41 Å². The van der Waals surface area contributed by atoms with Crippen molar-refractivity contribution in [3.05, 3.63) is 235 Å². The Morgan fingerprint density at radius 1 is 0.519 bits per heavy atom. The molecule has 1 heterocycles. The standard InChI is InChI=1S/C50H38N2/c1-3-17-46-42(4-2)43-22-11-14-25-47(43)50(46,36-18-7-5-8-19-36)37-28-30-39(31-29-37)51(38-20-9-6-10-21-38)40-32-34-41(35-33-40)52-48-26-15-12-23-44(48)45-24-13-16-27-49(45)52/h3-35H,2H2,1H3/b17-3-. The van der Waals surface area contributed by atoms with Crippen LogP contribution in [0.25, 0.3) is 33.1 Å². The minimum atomic E-state index is -0.492. The summed E-state index contributed by atoms with van der Waals surface area (Å²) in [6, 6.07) is 65.8. The number of para-hydroxylation sites is 3. The molecule has 2 nitrogen and oxygen atoms in total. The second-order valence-electron chi connectivity index (χ2n) is 13.3. The third kappa shape index (κ3) is 4.80. The highest BCUT2D eigenvalue weighted by Crippen LogP contribution is 2.55. The van der Waals surface area contributed by atoms with Crippen LogP contribution in [0.2, 0.25) is 0 Å². The number of fused-ring (bicyclic) bond motifs is 4. The maximum atomic E-state index is 4.28. The molecule has 7 aromatic carbocycles. The maximum Gasteiger partial charge on any atom is 0.0713 e. The maximum absolute atomic E-state index is 4.28. The molecule has 1 atom stereocenters. The second kappa shape index (κ2) is 12.9. The Hall–Kier alpha value is -6.64. The van der Waals surface area contributed by atoms with Gasteiger partial charge in [0.05, 0.1) is 16.4 Å². The lowest BCUT2D eigenvalue weighted by atomic mass is 9.66. The molecule has 0 saturated heterocycles. The van der Waals surface area contributed by atoms with E-state index < -0.39 is 5.41 Å². The van der Waals surface area contributed by atoms with Crippen molar-refractivity contribution in [1.82, 2.24) is 4.57 Å². The monoisotopic (exact) mass is 666 g/mol. The van der Waals surface area contributed by atoms with Gasteiger partial charge in [-0.3, -0.25) is 0 Å². The number of benzene rings is 7. The van der Waals surface area contributed by atoms with Gasteiger partial charge >= 0.3 is 0 Å². The molecule has 0 fully saturated rings. The highest BCUT2D eigenvalue weighted by Gasteiger charge is 2.46. The van der Waals surface area contributed by atoms with E-state index in [2.05, 4.69) is 217 Å². The minimum Gasteiger partial charge on any atom is -0.311 e. The molecule has 248 valence electrons. The molecular formula is C50H38N2. The summed E-state index contributed by atoms with van der Waals surface area (Å²) in [4.78, 5) is 2.34. The molecular weight excluding hydrogens is 629 g/mol. The Kier molecular flexibility index (Phi) is 7.79. The van der Waals surface area contributed by atoms with Gasteiger partial charge in [0.15, 0.2) is 0 Å². The molecule has 8 aromatic rings. The van der Waals surface area contributed by atoms with Gasteiger partial charge in [0.2, 0.25) is 0 Å². The van der Waals surface area contributed by atoms with Gasteiger partial charge in [0.1, 0.15) is 0 Å². The number of rotatable bonds is 8. The van der Waals surface area contributed by atoms with E-state index in [0.29, 0.717) is 0 Å². The van der Waals surface area contributed by atoms with Crippen LogP contribution in [0.3, 0.4) is 0 Å². The average molecular weight is 667 g/mol. The Balaban J connectivity index is 1.19. The molecule has 0 aliphatic heterocycles. The second-order valence-corrected chi connectivity index (χ2v) is 13.3. The van der Waals surface area contributed by atoms with Crippen molar-refractivity contribution < 1.29 is 0 Å². The molecule has 0 spiro atoms. The largest absolute Gasteiger partial charge is 0.311 e.